The summed E-state index contributed by atoms with van der Waals surface area (Å²) < 4.78 is 8.26. The van der Waals surface area contributed by atoms with Gasteiger partial charge in [0.2, 0.25) is 0 Å². The Bertz CT molecular complexity index is 915. The van der Waals surface area contributed by atoms with E-state index in [-0.39, 0.29) is 5.91 Å². The summed E-state index contributed by atoms with van der Waals surface area (Å²) in [5.41, 5.74) is 3.99. The molecule has 0 atom stereocenters. The van der Waals surface area contributed by atoms with Crippen LogP contribution in [0, 0.1) is 6.92 Å². The molecule has 0 saturated carbocycles. The van der Waals surface area contributed by atoms with E-state index in [1.165, 1.54) is 16.6 Å². The fourth-order valence-corrected chi connectivity index (χ4v) is 3.14. The topological polar surface area (TPSA) is 43.3 Å². The molecule has 0 radical (unpaired) electrons. The zero-order valence-corrected chi connectivity index (χ0v) is 15.5. The molecule has 3 aromatic rings. The van der Waals surface area contributed by atoms with E-state index in [0.717, 1.165) is 10.0 Å². The van der Waals surface area contributed by atoms with Gasteiger partial charge in [0.05, 0.1) is 12.7 Å². The Morgan fingerprint density at radius 1 is 1.21 bits per heavy atom. The molecule has 0 fully saturated rings. The van der Waals surface area contributed by atoms with Gasteiger partial charge in [0.25, 0.3) is 5.91 Å². The molecule has 4 nitrogen and oxygen atoms in total. The van der Waals surface area contributed by atoms with E-state index in [1.54, 1.807) is 19.2 Å². The maximum Gasteiger partial charge on any atom is 0.255 e. The number of nitrogens with zero attached hydrogens (tertiary/aromatic N) is 1. The number of rotatable bonds is 4. The standard InChI is InChI=1S/C19H19BrN2O2/c1-12-8-14-9-13(4-6-17(14)22(12)2)11-21-19(23)16-10-15(20)5-7-18(16)24-3/h4-10H,11H2,1-3H3,(H,21,23). The van der Waals surface area contributed by atoms with Crippen LogP contribution in [-0.2, 0) is 13.6 Å². The minimum absolute atomic E-state index is 0.155. The van der Waals surface area contributed by atoms with E-state index in [2.05, 4.69) is 58.0 Å². The molecule has 1 N–H and O–H groups in total. The average Bonchev–Trinajstić information content (AvgIpc) is 2.86. The van der Waals surface area contributed by atoms with Crippen LogP contribution in [0.2, 0.25) is 0 Å². The zero-order chi connectivity index (χ0) is 17.3. The molecule has 2 aromatic carbocycles. The molecule has 0 aliphatic carbocycles. The first-order valence-electron chi connectivity index (χ1n) is 7.66. The van der Waals surface area contributed by atoms with Crippen molar-refractivity contribution in [2.75, 3.05) is 7.11 Å². The predicted octanol–water partition coefficient (Wildman–Crippen LogP) is 4.19. The van der Waals surface area contributed by atoms with Crippen molar-refractivity contribution in [2.45, 2.75) is 13.5 Å². The zero-order valence-electron chi connectivity index (χ0n) is 13.9. The van der Waals surface area contributed by atoms with Gasteiger partial charge in [0.1, 0.15) is 5.75 Å². The smallest absolute Gasteiger partial charge is 0.255 e. The number of benzene rings is 2. The summed E-state index contributed by atoms with van der Waals surface area (Å²) >= 11 is 3.39. The fourth-order valence-electron chi connectivity index (χ4n) is 2.78. The molecule has 5 heteroatoms. The summed E-state index contributed by atoms with van der Waals surface area (Å²) in [5.74, 6) is 0.405. The maximum atomic E-state index is 12.5. The second-order valence-corrected chi connectivity index (χ2v) is 6.68. The molecule has 0 saturated heterocycles. The monoisotopic (exact) mass is 386 g/mol. The minimum Gasteiger partial charge on any atom is -0.496 e. The minimum atomic E-state index is -0.155. The van der Waals surface area contributed by atoms with Crippen LogP contribution in [0.5, 0.6) is 5.75 Å². The van der Waals surface area contributed by atoms with Gasteiger partial charge >= 0.3 is 0 Å². The molecule has 1 heterocycles. The van der Waals surface area contributed by atoms with Crippen molar-refractivity contribution >= 4 is 32.7 Å². The number of carbonyl (C=O) groups excluding carboxylic acids is 1. The van der Waals surface area contributed by atoms with Crippen LogP contribution >= 0.6 is 15.9 Å². The lowest BCUT2D eigenvalue weighted by molar-refractivity contribution is 0.0948. The van der Waals surface area contributed by atoms with Gasteiger partial charge in [-0.15, -0.1) is 0 Å². The molecule has 1 amide bonds. The Hall–Kier alpha value is -2.27. The van der Waals surface area contributed by atoms with Gasteiger partial charge in [0, 0.05) is 34.7 Å². The summed E-state index contributed by atoms with van der Waals surface area (Å²) in [6.07, 6.45) is 0. The molecule has 124 valence electrons. The quantitative estimate of drug-likeness (QED) is 0.730. The van der Waals surface area contributed by atoms with Gasteiger partial charge in [-0.25, -0.2) is 0 Å². The molecule has 24 heavy (non-hydrogen) atoms. The Labute approximate surface area is 149 Å². The van der Waals surface area contributed by atoms with Crippen LogP contribution < -0.4 is 10.1 Å². The molecule has 0 bridgehead atoms. The summed E-state index contributed by atoms with van der Waals surface area (Å²) in [6, 6.07) is 13.8. The lowest BCUT2D eigenvalue weighted by Gasteiger charge is -2.10. The number of amides is 1. The van der Waals surface area contributed by atoms with Gasteiger partial charge in [-0.1, -0.05) is 22.0 Å². The number of aromatic nitrogens is 1. The Balaban J connectivity index is 1.78. The number of halogens is 1. The Morgan fingerprint density at radius 2 is 2.00 bits per heavy atom. The third kappa shape index (κ3) is 3.17. The average molecular weight is 387 g/mol. The van der Waals surface area contributed by atoms with Crippen LogP contribution in [0.3, 0.4) is 0 Å². The summed E-state index contributed by atoms with van der Waals surface area (Å²) in [5, 5.41) is 4.14. The number of hydrogen-bond donors (Lipinski definition) is 1. The SMILES string of the molecule is COc1ccc(Br)cc1C(=O)NCc1ccc2c(c1)cc(C)n2C. The highest BCUT2D eigenvalue weighted by atomic mass is 79.9. The first kappa shape index (κ1) is 16.6. The second-order valence-electron chi connectivity index (χ2n) is 5.77. The number of methoxy groups -OCH3 is 1. The van der Waals surface area contributed by atoms with E-state index < -0.39 is 0 Å². The predicted molar refractivity (Wildman–Crippen MR) is 99.5 cm³/mol. The summed E-state index contributed by atoms with van der Waals surface area (Å²) in [7, 11) is 3.62. The molecular weight excluding hydrogens is 368 g/mol. The van der Waals surface area contributed by atoms with Gasteiger partial charge < -0.3 is 14.6 Å². The summed E-state index contributed by atoms with van der Waals surface area (Å²) in [4.78, 5) is 12.5. The van der Waals surface area contributed by atoms with Crippen molar-refractivity contribution in [3.05, 3.63) is 63.8 Å². The molecule has 0 aliphatic heterocycles. The van der Waals surface area contributed by atoms with Crippen molar-refractivity contribution in [1.82, 2.24) is 9.88 Å². The molecule has 0 aliphatic rings. The highest BCUT2D eigenvalue weighted by molar-refractivity contribution is 9.10. The first-order chi connectivity index (χ1) is 11.5. The third-order valence-corrected chi connectivity index (χ3v) is 4.70. The molecule has 0 unspecified atom stereocenters. The van der Waals surface area contributed by atoms with Crippen molar-refractivity contribution in [2.24, 2.45) is 7.05 Å². The normalized spacial score (nSPS) is 10.8. The molecular formula is C19H19BrN2O2. The fraction of sp³-hybridized carbons (Fsp3) is 0.211. The van der Waals surface area contributed by atoms with Crippen LogP contribution in [0.15, 0.2) is 46.9 Å². The van der Waals surface area contributed by atoms with Crippen molar-refractivity contribution in [1.29, 1.82) is 0 Å². The van der Waals surface area contributed by atoms with Crippen molar-refractivity contribution in [3.63, 3.8) is 0 Å². The van der Waals surface area contributed by atoms with E-state index in [0.29, 0.717) is 17.9 Å². The first-order valence-corrected chi connectivity index (χ1v) is 8.45. The van der Waals surface area contributed by atoms with E-state index >= 15 is 0 Å². The van der Waals surface area contributed by atoms with Gasteiger partial charge in [0.15, 0.2) is 0 Å². The number of carbonyl (C=O) groups is 1. The molecule has 1 aromatic heterocycles. The van der Waals surface area contributed by atoms with E-state index in [1.807, 2.05) is 12.1 Å². The van der Waals surface area contributed by atoms with E-state index in [4.69, 9.17) is 4.74 Å². The molecule has 0 spiro atoms. The number of hydrogen-bond acceptors (Lipinski definition) is 2. The summed E-state index contributed by atoms with van der Waals surface area (Å²) in [6.45, 7) is 2.55. The van der Waals surface area contributed by atoms with Gasteiger partial charge in [-0.2, -0.15) is 0 Å². The number of fused-ring (bicyclic) bond motifs is 1. The highest BCUT2D eigenvalue weighted by Gasteiger charge is 2.13. The largest absolute Gasteiger partial charge is 0.496 e. The number of nitrogens with one attached hydrogen (secondary N) is 1. The van der Waals surface area contributed by atoms with Gasteiger partial charge in [-0.05, 0) is 48.9 Å². The maximum absolute atomic E-state index is 12.5. The Morgan fingerprint density at radius 3 is 2.75 bits per heavy atom. The highest BCUT2D eigenvalue weighted by Crippen LogP contribution is 2.23. The Kier molecular flexibility index (Phi) is 4.62. The lowest BCUT2D eigenvalue weighted by Crippen LogP contribution is -2.23. The van der Waals surface area contributed by atoms with Crippen LogP contribution in [0.1, 0.15) is 21.6 Å². The lowest BCUT2D eigenvalue weighted by atomic mass is 10.1. The van der Waals surface area contributed by atoms with Crippen molar-refractivity contribution in [3.8, 4) is 5.75 Å². The van der Waals surface area contributed by atoms with E-state index in [9.17, 15) is 4.79 Å². The van der Waals surface area contributed by atoms with Crippen LogP contribution in [0.4, 0.5) is 0 Å². The van der Waals surface area contributed by atoms with Crippen molar-refractivity contribution < 1.29 is 9.53 Å². The molecule has 3 rings (SSSR count). The van der Waals surface area contributed by atoms with Gasteiger partial charge in [-0.3, -0.25) is 4.79 Å². The number of aryl methyl sites for hydroxylation is 2. The third-order valence-electron chi connectivity index (χ3n) is 4.21. The second kappa shape index (κ2) is 6.69. The van der Waals surface area contributed by atoms with Crippen LogP contribution in [0.25, 0.3) is 10.9 Å². The van der Waals surface area contributed by atoms with Crippen LogP contribution in [-0.4, -0.2) is 17.6 Å². The number of ether oxygens (including phenoxy) is 1.